The molecule has 0 spiro atoms. The number of fused-ring (bicyclic) bond motifs is 2. The van der Waals surface area contributed by atoms with Crippen molar-refractivity contribution in [1.29, 1.82) is 0 Å². The first kappa shape index (κ1) is 32.0. The minimum atomic E-state index is -0.0517. The summed E-state index contributed by atoms with van der Waals surface area (Å²) in [5, 5.41) is 17.4. The monoisotopic (exact) mass is 809 g/mol. The first-order valence-electron chi connectivity index (χ1n) is 16.0. The number of hydrogen-bond donors (Lipinski definition) is 3. The van der Waals surface area contributed by atoms with Crippen LogP contribution >= 0.6 is 57.1 Å². The van der Waals surface area contributed by atoms with E-state index in [0.717, 1.165) is 84.8 Å². The van der Waals surface area contributed by atoms with E-state index in [4.69, 9.17) is 31.5 Å². The topological polar surface area (TPSA) is 120 Å². The largest absolute Gasteiger partial charge is 0.365 e. The van der Waals surface area contributed by atoms with E-state index in [0.29, 0.717) is 17.6 Å². The smallest absolute Gasteiger partial charge is 0.228 e. The molecule has 15 heteroatoms. The molecule has 0 radical (unpaired) electrons. The summed E-state index contributed by atoms with van der Waals surface area (Å²) in [6.45, 7) is 5.10. The summed E-state index contributed by atoms with van der Waals surface area (Å²) < 4.78 is 2.43. The van der Waals surface area contributed by atoms with Gasteiger partial charge < -0.3 is 20.9 Å². The highest BCUT2D eigenvalue weighted by Crippen LogP contribution is 2.41. The van der Waals surface area contributed by atoms with Crippen LogP contribution in [0.5, 0.6) is 0 Å². The Kier molecular flexibility index (Phi) is 9.51. The van der Waals surface area contributed by atoms with Crippen LogP contribution < -0.4 is 20.9 Å². The van der Waals surface area contributed by atoms with E-state index < -0.39 is 0 Å². The second-order valence-corrected chi connectivity index (χ2v) is 15.6. The molecular weight excluding hydrogens is 777 g/mol. The fourth-order valence-electron chi connectivity index (χ4n) is 6.48. The Morgan fingerprint density at radius 1 is 0.958 bits per heavy atom. The van der Waals surface area contributed by atoms with Gasteiger partial charge in [0.25, 0.3) is 0 Å². The molecule has 2 saturated heterocycles. The predicted octanol–water partition coefficient (Wildman–Crippen LogP) is 6.91. The van der Waals surface area contributed by atoms with Crippen LogP contribution in [-0.4, -0.2) is 71.8 Å². The highest BCUT2D eigenvalue weighted by molar-refractivity contribution is 14.1. The lowest BCUT2D eigenvalue weighted by molar-refractivity contribution is 0.243. The Labute approximate surface area is 305 Å². The van der Waals surface area contributed by atoms with Crippen LogP contribution in [-0.2, 0) is 6.54 Å². The molecule has 8 heterocycles. The van der Waals surface area contributed by atoms with Crippen LogP contribution in [0.3, 0.4) is 0 Å². The molecule has 0 amide bonds. The number of thiophene rings is 2. The van der Waals surface area contributed by atoms with Crippen molar-refractivity contribution >= 4 is 96.5 Å². The third-order valence-electron chi connectivity index (χ3n) is 8.93. The van der Waals surface area contributed by atoms with Crippen LogP contribution in [0.15, 0.2) is 65.7 Å². The van der Waals surface area contributed by atoms with Crippen LogP contribution in [0.25, 0.3) is 21.8 Å². The number of piperidine rings is 1. The SMILES string of the molecule is Clc1cc2c(NC(c3cccs3)C3CC(c4nc(NCc5cccs5)c5ccncc5n4)CCN3I)nc(N3CCNCC3)nc2cn1. The lowest BCUT2D eigenvalue weighted by Gasteiger charge is -2.40. The molecule has 3 atom stereocenters. The minimum Gasteiger partial charge on any atom is -0.365 e. The number of piperazine rings is 1. The number of aromatic nitrogens is 6. The van der Waals surface area contributed by atoms with Crippen molar-refractivity contribution in [3.8, 4) is 0 Å². The van der Waals surface area contributed by atoms with Crippen molar-refractivity contribution in [1.82, 2.24) is 38.3 Å². The van der Waals surface area contributed by atoms with Gasteiger partial charge in [-0.2, -0.15) is 4.98 Å². The second-order valence-electron chi connectivity index (χ2n) is 11.9. The molecule has 2 fully saturated rings. The standard InChI is InChI=1S/C33H33ClIN11S2/c34-28-16-23-25(19-38-28)41-33(45-11-8-36-9-12-45)44-32(23)42-29(27-4-2-14-48-27)26-15-20(6-10-46(26)35)30-40-24-18-37-7-5-22(24)31(43-30)39-17-21-3-1-13-47-21/h1-5,7,13-14,16,18-20,26,29,36H,6,8-12,15,17H2,(H,39,40,43)(H,41,42,44). The first-order valence-corrected chi connectivity index (χ1v) is 19.1. The maximum absolute atomic E-state index is 6.44. The molecule has 0 aliphatic carbocycles. The van der Waals surface area contributed by atoms with Gasteiger partial charge in [-0.3, -0.25) is 4.98 Å². The summed E-state index contributed by atoms with van der Waals surface area (Å²) in [4.78, 5) is 33.8. The van der Waals surface area contributed by atoms with E-state index in [1.807, 2.05) is 18.3 Å². The molecule has 6 aromatic rings. The normalized spacial score (nSPS) is 19.5. The maximum atomic E-state index is 6.44. The molecule has 2 aliphatic rings. The fraction of sp³-hybridized carbons (Fsp3) is 0.333. The first-order chi connectivity index (χ1) is 23.6. The van der Waals surface area contributed by atoms with Gasteiger partial charge in [0, 0.05) is 94.3 Å². The molecule has 0 bridgehead atoms. The second kappa shape index (κ2) is 14.3. The van der Waals surface area contributed by atoms with Gasteiger partial charge in [0.05, 0.1) is 36.0 Å². The highest BCUT2D eigenvalue weighted by Gasteiger charge is 2.37. The molecule has 48 heavy (non-hydrogen) atoms. The molecule has 6 aromatic heterocycles. The van der Waals surface area contributed by atoms with Crippen molar-refractivity contribution in [2.75, 3.05) is 48.3 Å². The molecule has 11 nitrogen and oxygen atoms in total. The maximum Gasteiger partial charge on any atom is 0.228 e. The van der Waals surface area contributed by atoms with Crippen LogP contribution in [0.2, 0.25) is 5.15 Å². The lowest BCUT2D eigenvalue weighted by Crippen LogP contribution is -2.44. The zero-order chi connectivity index (χ0) is 32.5. The van der Waals surface area contributed by atoms with Crippen molar-refractivity contribution < 1.29 is 0 Å². The van der Waals surface area contributed by atoms with Gasteiger partial charge in [-0.05, 0) is 47.9 Å². The van der Waals surface area contributed by atoms with E-state index >= 15 is 0 Å². The van der Waals surface area contributed by atoms with Gasteiger partial charge in [-0.25, -0.2) is 23.0 Å². The fourth-order valence-corrected chi connectivity index (χ4v) is 8.95. The number of pyridine rings is 2. The Balaban J connectivity index is 1.14. The molecule has 3 unspecified atom stereocenters. The van der Waals surface area contributed by atoms with Gasteiger partial charge in [0.15, 0.2) is 0 Å². The average Bonchev–Trinajstić information content (AvgIpc) is 3.86. The minimum absolute atomic E-state index is 0.0517. The highest BCUT2D eigenvalue weighted by atomic mass is 127. The number of hydrogen-bond acceptors (Lipinski definition) is 13. The Hall–Kier alpha value is -3.28. The zero-order valence-corrected chi connectivity index (χ0v) is 30.4. The van der Waals surface area contributed by atoms with Crippen molar-refractivity contribution in [3.05, 3.63) is 86.5 Å². The van der Waals surface area contributed by atoms with Crippen molar-refractivity contribution in [2.45, 2.75) is 37.4 Å². The van der Waals surface area contributed by atoms with Crippen LogP contribution in [0.4, 0.5) is 17.6 Å². The Bertz CT molecular complexity index is 2010. The third kappa shape index (κ3) is 6.78. The summed E-state index contributed by atoms with van der Waals surface area (Å²) in [5.41, 5.74) is 1.62. The van der Waals surface area contributed by atoms with E-state index in [9.17, 15) is 0 Å². The average molecular weight is 810 g/mol. The Morgan fingerprint density at radius 2 is 1.81 bits per heavy atom. The Morgan fingerprint density at radius 3 is 2.65 bits per heavy atom. The van der Waals surface area contributed by atoms with E-state index in [2.05, 4.69) is 91.8 Å². The van der Waals surface area contributed by atoms with E-state index in [-0.39, 0.29) is 18.0 Å². The molecule has 2 aliphatic heterocycles. The molecule has 8 rings (SSSR count). The van der Waals surface area contributed by atoms with E-state index in [1.54, 1.807) is 35.1 Å². The third-order valence-corrected chi connectivity index (χ3v) is 12.2. The number of anilines is 3. The number of rotatable bonds is 9. The lowest BCUT2D eigenvalue weighted by atomic mass is 9.87. The van der Waals surface area contributed by atoms with Crippen LogP contribution in [0.1, 0.15) is 40.4 Å². The van der Waals surface area contributed by atoms with Gasteiger partial charge in [0.1, 0.15) is 22.6 Å². The van der Waals surface area contributed by atoms with Gasteiger partial charge >= 0.3 is 0 Å². The van der Waals surface area contributed by atoms with Crippen molar-refractivity contribution in [2.24, 2.45) is 0 Å². The van der Waals surface area contributed by atoms with Gasteiger partial charge in [-0.15, -0.1) is 22.7 Å². The molecular formula is C33H33ClIN11S2. The van der Waals surface area contributed by atoms with E-state index in [1.165, 1.54) is 9.75 Å². The predicted molar refractivity (Wildman–Crippen MR) is 204 cm³/mol. The number of nitrogens with one attached hydrogen (secondary N) is 3. The van der Waals surface area contributed by atoms with Gasteiger partial charge in [-0.1, -0.05) is 23.7 Å². The summed E-state index contributed by atoms with van der Waals surface area (Å²) in [5.74, 6) is 3.33. The summed E-state index contributed by atoms with van der Waals surface area (Å²) in [7, 11) is 0. The van der Waals surface area contributed by atoms with Crippen LogP contribution in [0, 0.1) is 0 Å². The number of halogens is 2. The molecule has 246 valence electrons. The molecule has 0 aromatic carbocycles. The number of nitrogens with zero attached hydrogens (tertiary/aromatic N) is 8. The molecule has 0 saturated carbocycles. The summed E-state index contributed by atoms with van der Waals surface area (Å²) >= 11 is 12.4. The van der Waals surface area contributed by atoms with Crippen molar-refractivity contribution in [3.63, 3.8) is 0 Å². The van der Waals surface area contributed by atoms with Gasteiger partial charge in [0.2, 0.25) is 5.95 Å². The summed E-state index contributed by atoms with van der Waals surface area (Å²) in [6, 6.07) is 12.5. The zero-order valence-electron chi connectivity index (χ0n) is 25.9. The molecule has 3 N–H and O–H groups in total. The summed E-state index contributed by atoms with van der Waals surface area (Å²) in [6.07, 6.45) is 7.21. The quantitative estimate of drug-likeness (QED) is 0.0803.